The molecule has 0 aliphatic carbocycles. The molecule has 1 N–H and O–H groups in total. The highest BCUT2D eigenvalue weighted by Crippen LogP contribution is 2.26. The summed E-state index contributed by atoms with van der Waals surface area (Å²) in [6.07, 6.45) is 4.12. The molecule has 3 aromatic rings. The minimum absolute atomic E-state index is 0.0173. The molecular weight excluding hydrogens is 410 g/mol. The molecule has 2 saturated heterocycles. The minimum Gasteiger partial charge on any atom is -0.371 e. The molecule has 0 saturated carbocycles. The third-order valence-electron chi connectivity index (χ3n) is 6.99. The van der Waals surface area contributed by atoms with Crippen LogP contribution in [0.15, 0.2) is 66.7 Å². The summed E-state index contributed by atoms with van der Waals surface area (Å²) in [6.45, 7) is 3.86. The number of hydrogen-bond donors (Lipinski definition) is 1. The zero-order chi connectivity index (χ0) is 22.6. The number of fused-ring (bicyclic) bond motifs is 1. The molecule has 0 bridgehead atoms. The molecule has 5 heteroatoms. The Kier molecular flexibility index (Phi) is 6.29. The van der Waals surface area contributed by atoms with E-state index in [1.807, 2.05) is 53.4 Å². The number of carbonyl (C=O) groups excluding carboxylic acids is 2. The van der Waals surface area contributed by atoms with Crippen molar-refractivity contribution in [1.82, 2.24) is 10.2 Å². The van der Waals surface area contributed by atoms with Gasteiger partial charge in [-0.05, 0) is 54.2 Å². The van der Waals surface area contributed by atoms with Crippen molar-refractivity contribution < 1.29 is 9.59 Å². The molecule has 2 heterocycles. The predicted octanol–water partition coefficient (Wildman–Crippen LogP) is 4.61. The van der Waals surface area contributed by atoms with Gasteiger partial charge in [-0.1, -0.05) is 54.6 Å². The Hall–Kier alpha value is -3.34. The first-order chi connectivity index (χ1) is 16.2. The molecule has 5 rings (SSSR count). The number of anilines is 1. The summed E-state index contributed by atoms with van der Waals surface area (Å²) in [5.41, 5.74) is 3.10. The lowest BCUT2D eigenvalue weighted by Crippen LogP contribution is -2.45. The van der Waals surface area contributed by atoms with Crippen LogP contribution in [0, 0.1) is 5.92 Å². The van der Waals surface area contributed by atoms with Gasteiger partial charge in [0.1, 0.15) is 0 Å². The summed E-state index contributed by atoms with van der Waals surface area (Å²) >= 11 is 0. The lowest BCUT2D eigenvalue weighted by molar-refractivity contribution is -0.126. The smallest absolute Gasteiger partial charge is 0.254 e. The van der Waals surface area contributed by atoms with Crippen LogP contribution in [0.2, 0.25) is 0 Å². The highest BCUT2D eigenvalue weighted by atomic mass is 16.2. The molecule has 170 valence electrons. The number of hydrogen-bond acceptors (Lipinski definition) is 3. The van der Waals surface area contributed by atoms with Crippen LogP contribution < -0.4 is 10.2 Å². The van der Waals surface area contributed by atoms with Gasteiger partial charge in [0.2, 0.25) is 5.91 Å². The first kappa shape index (κ1) is 21.5. The van der Waals surface area contributed by atoms with Gasteiger partial charge >= 0.3 is 0 Å². The highest BCUT2D eigenvalue weighted by Gasteiger charge is 2.29. The lowest BCUT2D eigenvalue weighted by Gasteiger charge is -2.32. The molecule has 1 atom stereocenters. The van der Waals surface area contributed by atoms with E-state index in [9.17, 15) is 9.59 Å². The number of rotatable bonds is 5. The quantitative estimate of drug-likeness (QED) is 0.629. The van der Waals surface area contributed by atoms with E-state index in [1.54, 1.807) is 0 Å². The molecule has 2 aliphatic heterocycles. The maximum atomic E-state index is 13.3. The maximum absolute atomic E-state index is 13.3. The maximum Gasteiger partial charge on any atom is 0.254 e. The van der Waals surface area contributed by atoms with Crippen molar-refractivity contribution in [2.45, 2.75) is 32.2 Å². The third-order valence-corrected chi connectivity index (χ3v) is 6.99. The summed E-state index contributed by atoms with van der Waals surface area (Å²) in [7, 11) is 0. The van der Waals surface area contributed by atoms with E-state index in [4.69, 9.17) is 0 Å². The molecule has 2 fully saturated rings. The second-order valence-electron chi connectivity index (χ2n) is 9.16. The van der Waals surface area contributed by atoms with Crippen molar-refractivity contribution in [3.63, 3.8) is 0 Å². The standard InChI is InChI=1S/C28H31N3O2/c32-27(29-19-22-10-2-4-15-26(22)30-16-5-6-17-30)23-12-8-18-31(20-23)28(33)25-14-7-11-21-9-1-3-13-24(21)25/h1-4,7,9-11,13-15,23H,5-6,8,12,16-20H2,(H,29,32). The van der Waals surface area contributed by atoms with Gasteiger partial charge in [0.15, 0.2) is 0 Å². The Morgan fingerprint density at radius 2 is 1.61 bits per heavy atom. The summed E-state index contributed by atoms with van der Waals surface area (Å²) in [5, 5.41) is 5.19. The summed E-state index contributed by atoms with van der Waals surface area (Å²) in [6, 6.07) is 22.2. The van der Waals surface area contributed by atoms with E-state index in [2.05, 4.69) is 28.4 Å². The molecular formula is C28H31N3O2. The van der Waals surface area contributed by atoms with E-state index in [-0.39, 0.29) is 17.7 Å². The van der Waals surface area contributed by atoms with Crippen molar-refractivity contribution in [2.24, 2.45) is 5.92 Å². The average Bonchev–Trinajstić information content (AvgIpc) is 3.42. The molecule has 2 amide bonds. The van der Waals surface area contributed by atoms with Crippen LogP contribution in [0.5, 0.6) is 0 Å². The SMILES string of the molecule is O=C(NCc1ccccc1N1CCCC1)C1CCCN(C(=O)c2cccc3ccccc23)C1. The number of benzene rings is 3. The van der Waals surface area contributed by atoms with Crippen LogP contribution in [0.4, 0.5) is 5.69 Å². The molecule has 1 unspecified atom stereocenters. The Balaban J connectivity index is 1.25. The summed E-state index contributed by atoms with van der Waals surface area (Å²) in [5.74, 6) is -0.109. The Labute approximate surface area is 195 Å². The van der Waals surface area contributed by atoms with Crippen molar-refractivity contribution in [3.8, 4) is 0 Å². The van der Waals surface area contributed by atoms with Crippen LogP contribution in [-0.4, -0.2) is 42.9 Å². The van der Waals surface area contributed by atoms with Crippen LogP contribution in [0.25, 0.3) is 10.8 Å². The fourth-order valence-corrected chi connectivity index (χ4v) is 5.21. The van der Waals surface area contributed by atoms with Crippen molar-refractivity contribution in [3.05, 3.63) is 77.9 Å². The number of nitrogens with one attached hydrogen (secondary N) is 1. The van der Waals surface area contributed by atoms with Crippen molar-refractivity contribution in [1.29, 1.82) is 0 Å². The number of piperidine rings is 1. The lowest BCUT2D eigenvalue weighted by atomic mass is 9.95. The summed E-state index contributed by atoms with van der Waals surface area (Å²) in [4.78, 5) is 30.7. The fourth-order valence-electron chi connectivity index (χ4n) is 5.21. The molecule has 33 heavy (non-hydrogen) atoms. The van der Waals surface area contributed by atoms with Crippen LogP contribution in [0.1, 0.15) is 41.6 Å². The van der Waals surface area contributed by atoms with E-state index < -0.39 is 0 Å². The average molecular weight is 442 g/mol. The summed E-state index contributed by atoms with van der Waals surface area (Å²) < 4.78 is 0. The van der Waals surface area contributed by atoms with Gasteiger partial charge < -0.3 is 15.1 Å². The number of amides is 2. The number of para-hydroxylation sites is 1. The zero-order valence-corrected chi connectivity index (χ0v) is 19.0. The number of nitrogens with zero attached hydrogens (tertiary/aromatic N) is 2. The normalized spacial score (nSPS) is 18.5. The first-order valence-corrected chi connectivity index (χ1v) is 12.1. The molecule has 5 nitrogen and oxygen atoms in total. The molecule has 0 radical (unpaired) electrons. The van der Waals surface area contributed by atoms with Gasteiger partial charge in [0.25, 0.3) is 5.91 Å². The van der Waals surface area contributed by atoms with E-state index >= 15 is 0 Å². The van der Waals surface area contributed by atoms with Crippen LogP contribution in [-0.2, 0) is 11.3 Å². The van der Waals surface area contributed by atoms with Gasteiger partial charge in [-0.2, -0.15) is 0 Å². The van der Waals surface area contributed by atoms with Crippen LogP contribution >= 0.6 is 0 Å². The van der Waals surface area contributed by atoms with E-state index in [0.717, 1.165) is 42.3 Å². The number of likely N-dealkylation sites (tertiary alicyclic amines) is 1. The van der Waals surface area contributed by atoms with Gasteiger partial charge in [-0.3, -0.25) is 9.59 Å². The Morgan fingerprint density at radius 3 is 2.48 bits per heavy atom. The molecule has 3 aromatic carbocycles. The van der Waals surface area contributed by atoms with Crippen LogP contribution in [0.3, 0.4) is 0 Å². The molecule has 0 spiro atoms. The third kappa shape index (κ3) is 4.58. The van der Waals surface area contributed by atoms with E-state index in [0.29, 0.717) is 25.2 Å². The van der Waals surface area contributed by atoms with Gasteiger partial charge in [-0.25, -0.2) is 0 Å². The van der Waals surface area contributed by atoms with Gasteiger partial charge in [0.05, 0.1) is 5.92 Å². The second-order valence-corrected chi connectivity index (χ2v) is 9.16. The Bertz CT molecular complexity index is 1150. The highest BCUT2D eigenvalue weighted by molar-refractivity contribution is 6.07. The van der Waals surface area contributed by atoms with Crippen molar-refractivity contribution >= 4 is 28.3 Å². The van der Waals surface area contributed by atoms with Gasteiger partial charge in [0, 0.05) is 44.0 Å². The zero-order valence-electron chi connectivity index (χ0n) is 19.0. The van der Waals surface area contributed by atoms with Gasteiger partial charge in [-0.15, -0.1) is 0 Å². The van der Waals surface area contributed by atoms with E-state index in [1.165, 1.54) is 18.5 Å². The second kappa shape index (κ2) is 9.65. The topological polar surface area (TPSA) is 52.7 Å². The Morgan fingerprint density at radius 1 is 0.848 bits per heavy atom. The first-order valence-electron chi connectivity index (χ1n) is 12.1. The largest absolute Gasteiger partial charge is 0.371 e. The minimum atomic E-state index is -0.170. The molecule has 2 aliphatic rings. The van der Waals surface area contributed by atoms with Crippen molar-refractivity contribution in [2.75, 3.05) is 31.1 Å². The fraction of sp³-hybridized carbons (Fsp3) is 0.357. The monoisotopic (exact) mass is 441 g/mol. The predicted molar refractivity (Wildman–Crippen MR) is 132 cm³/mol. The molecule has 0 aromatic heterocycles. The number of carbonyl (C=O) groups is 2.